The molecule has 1 aromatic carbocycles. The molecular weight excluding hydrogens is 346 g/mol. The van der Waals surface area contributed by atoms with Crippen LogP contribution in [0.5, 0.6) is 5.75 Å². The predicted molar refractivity (Wildman–Crippen MR) is 100 cm³/mol. The number of nitrogens with zero attached hydrogens (tertiary/aromatic N) is 4. The number of hydrogen-bond acceptors (Lipinski definition) is 7. The molecule has 1 saturated heterocycles. The number of rotatable bonds is 6. The third-order valence-electron chi connectivity index (χ3n) is 4.56. The van der Waals surface area contributed by atoms with Gasteiger partial charge in [0, 0.05) is 31.8 Å². The van der Waals surface area contributed by atoms with Gasteiger partial charge in [-0.3, -0.25) is 9.79 Å². The molecule has 140 valence electrons. The van der Waals surface area contributed by atoms with Gasteiger partial charge in [0.25, 0.3) is 0 Å². The van der Waals surface area contributed by atoms with E-state index >= 15 is 0 Å². The molecule has 0 spiro atoms. The van der Waals surface area contributed by atoms with Gasteiger partial charge < -0.3 is 19.7 Å². The van der Waals surface area contributed by atoms with Crippen LogP contribution in [0.25, 0.3) is 0 Å². The van der Waals surface area contributed by atoms with Crippen molar-refractivity contribution in [1.29, 1.82) is 0 Å². The average molecular weight is 367 g/mol. The van der Waals surface area contributed by atoms with E-state index in [9.17, 15) is 4.79 Å². The zero-order valence-corrected chi connectivity index (χ0v) is 15.1. The van der Waals surface area contributed by atoms with Crippen LogP contribution in [0.15, 0.2) is 35.6 Å². The fourth-order valence-corrected chi connectivity index (χ4v) is 3.20. The van der Waals surface area contributed by atoms with E-state index in [1.165, 1.54) is 6.33 Å². The van der Waals surface area contributed by atoms with Crippen LogP contribution in [0.3, 0.4) is 0 Å². The molecule has 1 N–H and O–H groups in total. The number of nitrogens with one attached hydrogen (secondary N) is 1. The Morgan fingerprint density at radius 2 is 2.15 bits per heavy atom. The first kappa shape index (κ1) is 17.4. The van der Waals surface area contributed by atoms with Gasteiger partial charge in [-0.05, 0) is 17.7 Å². The Balaban J connectivity index is 1.58. The summed E-state index contributed by atoms with van der Waals surface area (Å²) < 4.78 is 10.7. The van der Waals surface area contributed by atoms with Gasteiger partial charge >= 0.3 is 0 Å². The Bertz CT molecular complexity index is 883. The minimum Gasteiger partial charge on any atom is -0.491 e. The van der Waals surface area contributed by atoms with E-state index < -0.39 is 0 Å². The van der Waals surface area contributed by atoms with E-state index in [0.717, 1.165) is 40.6 Å². The van der Waals surface area contributed by atoms with Crippen LogP contribution in [-0.4, -0.2) is 61.5 Å². The number of methoxy groups -OCH3 is 1. The maximum absolute atomic E-state index is 11.7. The second kappa shape index (κ2) is 7.71. The number of hydrogen-bond donors (Lipinski definition) is 1. The number of fused-ring (bicyclic) bond motifs is 1. The Hall–Kier alpha value is -3.00. The summed E-state index contributed by atoms with van der Waals surface area (Å²) in [6, 6.07) is 7.87. The molecule has 0 saturated carbocycles. The number of anilines is 1. The largest absolute Gasteiger partial charge is 0.491 e. The summed E-state index contributed by atoms with van der Waals surface area (Å²) in [7, 11) is 1.65. The number of benzene rings is 1. The fraction of sp³-hybridized carbons (Fsp3) is 0.368. The molecular formula is C19H21N5O3. The lowest BCUT2D eigenvalue weighted by molar-refractivity contribution is -0.120. The molecule has 0 aliphatic carbocycles. The molecule has 8 nitrogen and oxygen atoms in total. The van der Waals surface area contributed by atoms with Crippen molar-refractivity contribution in [1.82, 2.24) is 15.3 Å². The molecule has 8 heteroatoms. The summed E-state index contributed by atoms with van der Waals surface area (Å²) >= 11 is 0. The first-order valence-corrected chi connectivity index (χ1v) is 8.88. The van der Waals surface area contributed by atoms with Crippen LogP contribution in [0.2, 0.25) is 0 Å². The van der Waals surface area contributed by atoms with Gasteiger partial charge in [-0.25, -0.2) is 9.97 Å². The van der Waals surface area contributed by atoms with E-state index in [-0.39, 0.29) is 5.91 Å². The fourth-order valence-electron chi connectivity index (χ4n) is 3.20. The monoisotopic (exact) mass is 367 g/mol. The smallest absolute Gasteiger partial charge is 0.239 e. The molecule has 1 fully saturated rings. The first-order chi connectivity index (χ1) is 13.2. The standard InChI is InChI=1S/C19H21N5O3/c1-26-6-7-27-14-3-2-13-10-21-19(15(13)8-14)16-9-17(23-12-22-16)24-5-4-20-18(25)11-24/h2-3,8-9,12H,4-7,10-11H2,1H3,(H,20,25). The zero-order chi connectivity index (χ0) is 18.6. The number of aliphatic imine (C=N–C) groups is 1. The lowest BCUT2D eigenvalue weighted by Crippen LogP contribution is -2.48. The summed E-state index contributed by atoms with van der Waals surface area (Å²) in [5, 5.41) is 2.82. The normalized spacial score (nSPS) is 16.0. The predicted octanol–water partition coefficient (Wildman–Crippen LogP) is 0.789. The minimum atomic E-state index is 0.00261. The second-order valence-corrected chi connectivity index (χ2v) is 6.36. The van der Waals surface area contributed by atoms with Crippen LogP contribution in [0, 0.1) is 0 Å². The Morgan fingerprint density at radius 1 is 1.22 bits per heavy atom. The topological polar surface area (TPSA) is 88.9 Å². The summed E-state index contributed by atoms with van der Waals surface area (Å²) in [5.74, 6) is 1.52. The number of piperazine rings is 1. The van der Waals surface area contributed by atoms with E-state index in [1.54, 1.807) is 7.11 Å². The molecule has 4 rings (SSSR count). The van der Waals surface area contributed by atoms with Crippen molar-refractivity contribution in [2.45, 2.75) is 6.54 Å². The SMILES string of the molecule is COCCOc1ccc2c(c1)C(c1cc(N3CCNC(=O)C3)ncn1)=NC2. The van der Waals surface area contributed by atoms with Gasteiger partial charge in [0.1, 0.15) is 24.5 Å². The number of ether oxygens (including phenoxy) is 2. The van der Waals surface area contributed by atoms with Crippen molar-refractivity contribution in [2.75, 3.05) is 44.9 Å². The third-order valence-corrected chi connectivity index (χ3v) is 4.56. The number of carbonyl (C=O) groups is 1. The molecule has 0 radical (unpaired) electrons. The molecule has 2 aliphatic rings. The van der Waals surface area contributed by atoms with Crippen molar-refractivity contribution < 1.29 is 14.3 Å². The molecule has 1 aromatic heterocycles. The van der Waals surface area contributed by atoms with E-state index in [1.807, 2.05) is 29.2 Å². The van der Waals surface area contributed by atoms with Gasteiger partial charge in [-0.1, -0.05) is 6.07 Å². The molecule has 2 aliphatic heterocycles. The van der Waals surface area contributed by atoms with Gasteiger partial charge in [-0.15, -0.1) is 0 Å². The first-order valence-electron chi connectivity index (χ1n) is 8.88. The summed E-state index contributed by atoms with van der Waals surface area (Å²) in [5.41, 5.74) is 3.73. The van der Waals surface area contributed by atoms with Crippen molar-refractivity contribution >= 4 is 17.4 Å². The Kier molecular flexibility index (Phi) is 4.97. The highest BCUT2D eigenvalue weighted by molar-refractivity contribution is 6.14. The van der Waals surface area contributed by atoms with Crippen LogP contribution in [0.1, 0.15) is 16.8 Å². The number of aromatic nitrogens is 2. The highest BCUT2D eigenvalue weighted by atomic mass is 16.5. The van der Waals surface area contributed by atoms with Gasteiger partial charge in [0.2, 0.25) is 5.91 Å². The second-order valence-electron chi connectivity index (χ2n) is 6.36. The summed E-state index contributed by atoms with van der Waals surface area (Å²) in [4.78, 5) is 27.0. The maximum atomic E-state index is 11.7. The quantitative estimate of drug-likeness (QED) is 0.760. The van der Waals surface area contributed by atoms with Crippen molar-refractivity contribution in [3.8, 4) is 5.75 Å². The molecule has 1 amide bonds. The average Bonchev–Trinajstić information content (AvgIpc) is 3.12. The summed E-state index contributed by atoms with van der Waals surface area (Å²) in [6.07, 6.45) is 1.52. The highest BCUT2D eigenvalue weighted by Crippen LogP contribution is 2.27. The summed E-state index contributed by atoms with van der Waals surface area (Å²) in [6.45, 7) is 3.30. The van der Waals surface area contributed by atoms with Gasteiger partial charge in [0.15, 0.2) is 0 Å². The van der Waals surface area contributed by atoms with E-state index in [2.05, 4.69) is 20.3 Å². The minimum absolute atomic E-state index is 0.00261. The molecule has 0 unspecified atom stereocenters. The number of amides is 1. The molecule has 2 aromatic rings. The Morgan fingerprint density at radius 3 is 3.00 bits per heavy atom. The lowest BCUT2D eigenvalue weighted by Gasteiger charge is -2.27. The molecule has 0 bridgehead atoms. The van der Waals surface area contributed by atoms with E-state index in [0.29, 0.717) is 32.8 Å². The van der Waals surface area contributed by atoms with Crippen molar-refractivity contribution in [3.63, 3.8) is 0 Å². The maximum Gasteiger partial charge on any atom is 0.239 e. The van der Waals surface area contributed by atoms with Gasteiger partial charge in [-0.2, -0.15) is 0 Å². The van der Waals surface area contributed by atoms with E-state index in [4.69, 9.17) is 9.47 Å². The van der Waals surface area contributed by atoms with Crippen LogP contribution < -0.4 is 15.0 Å². The molecule has 27 heavy (non-hydrogen) atoms. The zero-order valence-electron chi connectivity index (χ0n) is 15.1. The lowest BCUT2D eigenvalue weighted by atomic mass is 10.0. The van der Waals surface area contributed by atoms with Gasteiger partial charge in [0.05, 0.1) is 31.1 Å². The third kappa shape index (κ3) is 3.75. The van der Waals surface area contributed by atoms with Crippen LogP contribution >= 0.6 is 0 Å². The molecule has 3 heterocycles. The molecule has 0 atom stereocenters. The number of carbonyl (C=O) groups excluding carboxylic acids is 1. The van der Waals surface area contributed by atoms with Crippen LogP contribution in [-0.2, 0) is 16.1 Å². The van der Waals surface area contributed by atoms with Crippen molar-refractivity contribution in [3.05, 3.63) is 47.4 Å². The van der Waals surface area contributed by atoms with Crippen LogP contribution in [0.4, 0.5) is 5.82 Å². The Labute approximate surface area is 157 Å². The van der Waals surface area contributed by atoms with Crippen molar-refractivity contribution in [2.24, 2.45) is 4.99 Å². The highest BCUT2D eigenvalue weighted by Gasteiger charge is 2.22.